The molecule has 0 aliphatic carbocycles. The van der Waals surface area contributed by atoms with E-state index in [2.05, 4.69) is 14.2 Å². The lowest BCUT2D eigenvalue weighted by Gasteiger charge is -2.08. The summed E-state index contributed by atoms with van der Waals surface area (Å²) in [6, 6.07) is 5.51. The van der Waals surface area contributed by atoms with Crippen molar-refractivity contribution in [3.63, 3.8) is 0 Å². The second-order valence-electron chi connectivity index (χ2n) is 5.40. The Morgan fingerprint density at radius 2 is 1.50 bits per heavy atom. The molecule has 3 aromatic rings. The van der Waals surface area contributed by atoms with E-state index >= 15 is 0 Å². The summed E-state index contributed by atoms with van der Waals surface area (Å²) in [6.45, 7) is 5.22. The van der Waals surface area contributed by atoms with Crippen molar-refractivity contribution in [3.8, 4) is 0 Å². The molecule has 0 unspecified atom stereocenters. The molecule has 0 saturated carbocycles. The smallest absolute Gasteiger partial charge is 0.336 e. The zero-order valence-electron chi connectivity index (χ0n) is 14.8. The average molecular weight is 334 g/mol. The molecule has 0 radical (unpaired) electrons. The lowest BCUT2D eigenvalue weighted by Crippen LogP contribution is -2.14. The molecule has 0 spiro atoms. The van der Waals surface area contributed by atoms with Gasteiger partial charge in [0.15, 0.2) is 0 Å². The van der Waals surface area contributed by atoms with Gasteiger partial charge in [-0.2, -0.15) is 0 Å². The van der Waals surface area contributed by atoms with Crippen molar-refractivity contribution >= 4 is 21.9 Å². The fourth-order valence-corrected chi connectivity index (χ4v) is 2.56. The van der Waals surface area contributed by atoms with Gasteiger partial charge in [0.1, 0.15) is 16.9 Å². The van der Waals surface area contributed by atoms with E-state index in [1.165, 1.54) is 27.4 Å². The molecule has 0 aliphatic rings. The fourth-order valence-electron chi connectivity index (χ4n) is 2.56. The van der Waals surface area contributed by atoms with Crippen LogP contribution in [0.3, 0.4) is 0 Å². The maximum Gasteiger partial charge on any atom is 0.336 e. The van der Waals surface area contributed by atoms with Crippen LogP contribution in [0.5, 0.6) is 0 Å². The summed E-state index contributed by atoms with van der Waals surface area (Å²) in [5, 5.41) is 2.01. The van der Waals surface area contributed by atoms with Gasteiger partial charge >= 0.3 is 5.63 Å². The number of hydrogen-bond acceptors (Lipinski definition) is 6. The van der Waals surface area contributed by atoms with E-state index < -0.39 is 6.48 Å². The number of furan rings is 1. The predicted molar refractivity (Wildman–Crippen MR) is 91.3 cm³/mol. The topological polar surface area (TPSA) is 71.0 Å². The number of benzene rings is 1. The van der Waals surface area contributed by atoms with Gasteiger partial charge in [0, 0.05) is 43.7 Å². The van der Waals surface area contributed by atoms with Crippen LogP contribution in [-0.2, 0) is 14.2 Å². The van der Waals surface area contributed by atoms with Gasteiger partial charge in [0.25, 0.3) is 6.48 Å². The molecule has 0 fully saturated rings. The number of ether oxygens (including phenoxy) is 3. The van der Waals surface area contributed by atoms with E-state index in [9.17, 15) is 4.79 Å². The molecule has 24 heavy (non-hydrogen) atoms. The van der Waals surface area contributed by atoms with Crippen LogP contribution in [0.15, 0.2) is 31.8 Å². The number of aryl methyl sites for hydroxylation is 3. The predicted octanol–water partition coefficient (Wildman–Crippen LogP) is 3.67. The Labute approximate surface area is 139 Å². The van der Waals surface area contributed by atoms with Crippen molar-refractivity contribution in [1.82, 2.24) is 0 Å². The highest BCUT2D eigenvalue weighted by Crippen LogP contribution is 2.30. The molecule has 0 atom stereocenters. The lowest BCUT2D eigenvalue weighted by atomic mass is 10.1. The normalized spacial score (nSPS) is 11.1. The molecule has 130 valence electrons. The largest absolute Gasteiger partial charge is 0.461 e. The first kappa shape index (κ1) is 18.2. The Kier molecular flexibility index (Phi) is 5.77. The number of fused-ring (bicyclic) bond motifs is 2. The van der Waals surface area contributed by atoms with Crippen molar-refractivity contribution in [1.29, 1.82) is 0 Å². The van der Waals surface area contributed by atoms with E-state index in [0.29, 0.717) is 5.58 Å². The third kappa shape index (κ3) is 3.67. The zero-order valence-corrected chi connectivity index (χ0v) is 14.8. The van der Waals surface area contributed by atoms with Gasteiger partial charge in [-0.05, 0) is 38.5 Å². The first-order valence-corrected chi connectivity index (χ1v) is 7.43. The summed E-state index contributed by atoms with van der Waals surface area (Å²) in [6.07, 6.45) is 0. The van der Waals surface area contributed by atoms with Gasteiger partial charge in [0.05, 0.1) is 0 Å². The molecule has 0 saturated heterocycles. The van der Waals surface area contributed by atoms with E-state index in [1.807, 2.05) is 32.9 Å². The van der Waals surface area contributed by atoms with Crippen LogP contribution in [-0.4, -0.2) is 27.8 Å². The highest BCUT2D eigenvalue weighted by Gasteiger charge is 2.12. The fraction of sp³-hybridized carbons (Fsp3) is 0.389. The zero-order chi connectivity index (χ0) is 17.9. The van der Waals surface area contributed by atoms with Gasteiger partial charge in [-0.3, -0.25) is 0 Å². The van der Waals surface area contributed by atoms with Gasteiger partial charge in [-0.1, -0.05) is 0 Å². The maximum absolute atomic E-state index is 11.4. The van der Waals surface area contributed by atoms with E-state index in [4.69, 9.17) is 8.83 Å². The molecule has 0 N–H and O–H groups in total. The Hall–Kier alpha value is -2.15. The minimum absolute atomic E-state index is 0.319. The van der Waals surface area contributed by atoms with Crippen LogP contribution in [0.25, 0.3) is 21.9 Å². The van der Waals surface area contributed by atoms with Crippen LogP contribution in [0.4, 0.5) is 0 Å². The molecule has 6 heteroatoms. The van der Waals surface area contributed by atoms with Crippen LogP contribution in [0, 0.1) is 20.8 Å². The molecular weight excluding hydrogens is 312 g/mol. The molecule has 0 bridgehead atoms. The summed E-state index contributed by atoms with van der Waals surface area (Å²) < 4.78 is 24.7. The SMILES string of the molecule is COC(OC)OC.Cc1cc2cc3c(C)cc(=O)oc3c(C)c2o1. The van der Waals surface area contributed by atoms with Crippen LogP contribution >= 0.6 is 0 Å². The van der Waals surface area contributed by atoms with Crippen molar-refractivity contribution in [2.45, 2.75) is 27.2 Å². The molecular formula is C18H22O6. The maximum atomic E-state index is 11.4. The molecule has 1 aromatic carbocycles. The van der Waals surface area contributed by atoms with Crippen molar-refractivity contribution < 1.29 is 23.0 Å². The quantitative estimate of drug-likeness (QED) is 0.537. The van der Waals surface area contributed by atoms with Gasteiger partial charge in [-0.15, -0.1) is 0 Å². The summed E-state index contributed by atoms with van der Waals surface area (Å²) in [5.41, 5.74) is 2.91. The second kappa shape index (κ2) is 7.61. The van der Waals surface area contributed by atoms with Crippen molar-refractivity contribution in [2.24, 2.45) is 0 Å². The van der Waals surface area contributed by atoms with Crippen LogP contribution in [0.2, 0.25) is 0 Å². The van der Waals surface area contributed by atoms with E-state index in [0.717, 1.165) is 33.2 Å². The van der Waals surface area contributed by atoms with E-state index in [1.54, 1.807) is 0 Å². The molecule has 0 aliphatic heterocycles. The van der Waals surface area contributed by atoms with Crippen LogP contribution < -0.4 is 5.63 Å². The minimum atomic E-state index is -0.514. The Bertz CT molecular complexity index is 880. The van der Waals surface area contributed by atoms with Gasteiger partial charge in [-0.25, -0.2) is 4.79 Å². The van der Waals surface area contributed by atoms with Crippen molar-refractivity contribution in [3.05, 3.63) is 45.5 Å². The third-order valence-corrected chi connectivity index (χ3v) is 3.65. The van der Waals surface area contributed by atoms with E-state index in [-0.39, 0.29) is 5.63 Å². The van der Waals surface area contributed by atoms with Gasteiger partial charge < -0.3 is 23.0 Å². The first-order valence-electron chi connectivity index (χ1n) is 7.43. The monoisotopic (exact) mass is 334 g/mol. The number of rotatable bonds is 3. The number of methoxy groups -OCH3 is 3. The average Bonchev–Trinajstić information content (AvgIpc) is 2.92. The Balaban J connectivity index is 0.000000256. The van der Waals surface area contributed by atoms with Gasteiger partial charge in [0.2, 0.25) is 0 Å². The third-order valence-electron chi connectivity index (χ3n) is 3.65. The standard InChI is InChI=1S/C14H12O3.C4H10O3/c1-7-4-12(15)17-14-9(3)13-10(6-11(7)14)5-8(2)16-13;1-5-4(6-2)7-3/h4-6H,1-3H3;4H,1-3H3. The summed E-state index contributed by atoms with van der Waals surface area (Å²) in [5.74, 6) is 0.860. The summed E-state index contributed by atoms with van der Waals surface area (Å²) in [4.78, 5) is 11.4. The molecule has 6 nitrogen and oxygen atoms in total. The molecule has 2 heterocycles. The van der Waals surface area contributed by atoms with Crippen molar-refractivity contribution in [2.75, 3.05) is 21.3 Å². The highest BCUT2D eigenvalue weighted by molar-refractivity contribution is 5.98. The lowest BCUT2D eigenvalue weighted by molar-refractivity contribution is -0.252. The minimum Gasteiger partial charge on any atom is -0.461 e. The molecule has 3 rings (SSSR count). The molecule has 2 aromatic heterocycles. The summed E-state index contributed by atoms with van der Waals surface area (Å²) in [7, 11) is 4.53. The molecule has 0 amide bonds. The number of hydrogen-bond donors (Lipinski definition) is 0. The Morgan fingerprint density at radius 1 is 0.875 bits per heavy atom. The Morgan fingerprint density at radius 3 is 2.04 bits per heavy atom. The first-order chi connectivity index (χ1) is 11.4. The van der Waals surface area contributed by atoms with Crippen LogP contribution in [0.1, 0.15) is 16.9 Å². The second-order valence-corrected chi connectivity index (χ2v) is 5.40. The highest BCUT2D eigenvalue weighted by atomic mass is 16.8. The summed E-state index contributed by atoms with van der Waals surface area (Å²) >= 11 is 0.